The number of halogens is 1. The number of fused-ring (bicyclic) bond motifs is 5. The monoisotopic (exact) mass is 417 g/mol. The molecular formula is C18H16BrN3O4. The maximum Gasteiger partial charge on any atom is 0.255 e. The van der Waals surface area contributed by atoms with Crippen LogP contribution in [0, 0.1) is 23.7 Å². The summed E-state index contributed by atoms with van der Waals surface area (Å²) in [5, 5.41) is 5.13. The van der Waals surface area contributed by atoms with Gasteiger partial charge < -0.3 is 10.5 Å². The van der Waals surface area contributed by atoms with Crippen molar-refractivity contribution in [1.29, 1.82) is 0 Å². The van der Waals surface area contributed by atoms with E-state index in [0.717, 1.165) is 11.4 Å². The number of benzene rings is 1. The summed E-state index contributed by atoms with van der Waals surface area (Å²) in [5.41, 5.74) is 5.73. The summed E-state index contributed by atoms with van der Waals surface area (Å²) in [6.45, 7) is -0.220. The molecule has 0 radical (unpaired) electrons. The molecule has 2 fully saturated rings. The van der Waals surface area contributed by atoms with E-state index in [1.807, 2.05) is 12.2 Å². The molecule has 1 saturated heterocycles. The third-order valence-electron chi connectivity index (χ3n) is 5.10. The Morgan fingerprint density at radius 2 is 1.92 bits per heavy atom. The highest BCUT2D eigenvalue weighted by Gasteiger charge is 2.59. The molecule has 2 bridgehead atoms. The fourth-order valence-corrected chi connectivity index (χ4v) is 4.50. The number of carbonyl (C=O) groups is 3. The third-order valence-corrected chi connectivity index (χ3v) is 5.71. The first-order valence-electron chi connectivity index (χ1n) is 8.26. The van der Waals surface area contributed by atoms with Gasteiger partial charge in [-0.2, -0.15) is 10.1 Å². The quantitative estimate of drug-likeness (QED) is 0.444. The Hall–Kier alpha value is -2.48. The largest absolute Gasteiger partial charge is 0.483 e. The molecule has 3 amide bonds. The predicted octanol–water partition coefficient (Wildman–Crippen LogP) is 1.45. The number of hydrogen-bond donors (Lipinski definition) is 1. The highest BCUT2D eigenvalue weighted by molar-refractivity contribution is 9.10. The maximum absolute atomic E-state index is 12.6. The van der Waals surface area contributed by atoms with Crippen LogP contribution in [0.5, 0.6) is 5.75 Å². The van der Waals surface area contributed by atoms with Crippen molar-refractivity contribution in [3.8, 4) is 5.75 Å². The van der Waals surface area contributed by atoms with Gasteiger partial charge in [0.05, 0.1) is 22.5 Å². The minimum Gasteiger partial charge on any atom is -0.483 e. The van der Waals surface area contributed by atoms with Gasteiger partial charge in [-0.25, -0.2) is 0 Å². The standard InChI is InChI=1S/C18H16BrN3O4/c19-12-5-9(1-4-13(12)26-8-14(20)23)7-21-22-17(24)15-10-2-3-11(6-10)16(15)18(22)25/h1-5,7,10-11,15-16H,6,8H2,(H2,20,23)/t10-,11-,15-,16+/m0/s1. The van der Waals surface area contributed by atoms with Crippen LogP contribution in [0.4, 0.5) is 0 Å². The summed E-state index contributed by atoms with van der Waals surface area (Å²) in [5.74, 6) is -0.719. The Morgan fingerprint density at radius 1 is 1.27 bits per heavy atom. The van der Waals surface area contributed by atoms with Crippen LogP contribution in [0.25, 0.3) is 0 Å². The Balaban J connectivity index is 1.49. The number of primary amides is 1. The number of ether oxygens (including phenoxy) is 1. The molecule has 0 spiro atoms. The van der Waals surface area contributed by atoms with Crippen molar-refractivity contribution in [2.45, 2.75) is 6.42 Å². The van der Waals surface area contributed by atoms with Gasteiger partial charge >= 0.3 is 0 Å². The van der Waals surface area contributed by atoms with Crippen LogP contribution >= 0.6 is 15.9 Å². The number of rotatable bonds is 5. The Bertz CT molecular complexity index is 836. The number of amides is 3. The van der Waals surface area contributed by atoms with E-state index in [4.69, 9.17) is 10.5 Å². The second kappa shape index (κ2) is 6.35. The highest BCUT2D eigenvalue weighted by Crippen LogP contribution is 2.52. The molecule has 3 aliphatic rings. The van der Waals surface area contributed by atoms with E-state index in [-0.39, 0.29) is 42.1 Å². The maximum atomic E-state index is 12.6. The summed E-state index contributed by atoms with van der Waals surface area (Å²) in [6, 6.07) is 5.08. The second-order valence-electron chi connectivity index (χ2n) is 6.68. The number of hydrazone groups is 1. The molecule has 0 unspecified atom stereocenters. The number of imide groups is 1. The minimum absolute atomic E-state index is 0.164. The molecule has 1 heterocycles. The number of hydrogen-bond acceptors (Lipinski definition) is 5. The second-order valence-corrected chi connectivity index (χ2v) is 7.53. The number of allylic oxidation sites excluding steroid dienone is 2. The van der Waals surface area contributed by atoms with Gasteiger partial charge in [0, 0.05) is 0 Å². The summed E-state index contributed by atoms with van der Waals surface area (Å²) in [7, 11) is 0. The smallest absolute Gasteiger partial charge is 0.255 e. The Kier molecular flexibility index (Phi) is 4.14. The van der Waals surface area contributed by atoms with E-state index in [9.17, 15) is 14.4 Å². The first-order valence-corrected chi connectivity index (χ1v) is 9.06. The average Bonchev–Trinajstić information content (AvgIpc) is 3.27. The fraction of sp³-hybridized carbons (Fsp3) is 0.333. The fourth-order valence-electron chi connectivity index (χ4n) is 3.99. The van der Waals surface area contributed by atoms with Crippen LogP contribution in [0.2, 0.25) is 0 Å². The Morgan fingerprint density at radius 3 is 2.50 bits per heavy atom. The number of nitrogens with two attached hydrogens (primary N) is 1. The zero-order chi connectivity index (χ0) is 18.4. The molecule has 4 atom stereocenters. The molecule has 0 aromatic heterocycles. The van der Waals surface area contributed by atoms with Gasteiger partial charge in [0.1, 0.15) is 5.75 Å². The topological polar surface area (TPSA) is 102 Å². The van der Waals surface area contributed by atoms with E-state index >= 15 is 0 Å². The molecule has 1 saturated carbocycles. The van der Waals surface area contributed by atoms with Crippen LogP contribution in [-0.2, 0) is 14.4 Å². The minimum atomic E-state index is -0.567. The SMILES string of the molecule is NC(=O)COc1ccc(C=NN2C(=O)[C@@H]3[C@H](C2=O)[C@H]2C=C[C@H]3C2)cc1Br. The van der Waals surface area contributed by atoms with Crippen LogP contribution in [0.15, 0.2) is 39.9 Å². The van der Waals surface area contributed by atoms with E-state index in [1.165, 1.54) is 6.21 Å². The first kappa shape index (κ1) is 17.0. The summed E-state index contributed by atoms with van der Waals surface area (Å²) >= 11 is 3.34. The lowest BCUT2D eigenvalue weighted by Crippen LogP contribution is -2.28. The summed E-state index contributed by atoms with van der Waals surface area (Å²) < 4.78 is 5.87. The van der Waals surface area contributed by atoms with Crippen molar-refractivity contribution in [1.82, 2.24) is 5.01 Å². The zero-order valence-corrected chi connectivity index (χ0v) is 15.3. The molecule has 134 valence electrons. The normalized spacial score (nSPS) is 29.0. The lowest BCUT2D eigenvalue weighted by atomic mass is 9.85. The molecule has 2 N–H and O–H groups in total. The summed E-state index contributed by atoms with van der Waals surface area (Å²) in [4.78, 5) is 35.9. The van der Waals surface area contributed by atoms with Gasteiger partial charge in [-0.05, 0) is 57.9 Å². The molecule has 4 rings (SSSR count). The zero-order valence-electron chi connectivity index (χ0n) is 13.7. The molecule has 7 nitrogen and oxygen atoms in total. The summed E-state index contributed by atoms with van der Waals surface area (Å²) in [6.07, 6.45) is 6.46. The van der Waals surface area contributed by atoms with E-state index in [2.05, 4.69) is 21.0 Å². The van der Waals surface area contributed by atoms with E-state index in [1.54, 1.807) is 18.2 Å². The van der Waals surface area contributed by atoms with Gasteiger partial charge in [0.15, 0.2) is 6.61 Å². The third kappa shape index (κ3) is 2.74. The van der Waals surface area contributed by atoms with Crippen molar-refractivity contribution in [2.24, 2.45) is 34.5 Å². The molecule has 26 heavy (non-hydrogen) atoms. The van der Waals surface area contributed by atoms with Crippen molar-refractivity contribution in [3.05, 3.63) is 40.4 Å². The van der Waals surface area contributed by atoms with Crippen LogP contribution < -0.4 is 10.5 Å². The van der Waals surface area contributed by atoms with E-state index in [0.29, 0.717) is 15.8 Å². The molecule has 1 aliphatic heterocycles. The average molecular weight is 418 g/mol. The Labute approximate surface area is 158 Å². The van der Waals surface area contributed by atoms with Crippen LogP contribution in [-0.4, -0.2) is 35.6 Å². The van der Waals surface area contributed by atoms with Gasteiger partial charge in [-0.3, -0.25) is 14.4 Å². The van der Waals surface area contributed by atoms with Crippen LogP contribution in [0.3, 0.4) is 0 Å². The first-order chi connectivity index (χ1) is 12.5. The van der Waals surface area contributed by atoms with Gasteiger partial charge in [-0.1, -0.05) is 12.2 Å². The van der Waals surface area contributed by atoms with Crippen molar-refractivity contribution in [2.75, 3.05) is 6.61 Å². The molecule has 1 aromatic carbocycles. The predicted molar refractivity (Wildman–Crippen MR) is 96.0 cm³/mol. The van der Waals surface area contributed by atoms with Crippen molar-refractivity contribution in [3.63, 3.8) is 0 Å². The lowest BCUT2D eigenvalue weighted by Gasteiger charge is -2.13. The van der Waals surface area contributed by atoms with Gasteiger partial charge in [0.25, 0.3) is 17.7 Å². The van der Waals surface area contributed by atoms with Gasteiger partial charge in [0.2, 0.25) is 0 Å². The van der Waals surface area contributed by atoms with E-state index < -0.39 is 5.91 Å². The van der Waals surface area contributed by atoms with Crippen LogP contribution in [0.1, 0.15) is 12.0 Å². The highest BCUT2D eigenvalue weighted by atomic mass is 79.9. The molecule has 1 aromatic rings. The van der Waals surface area contributed by atoms with Gasteiger partial charge in [-0.15, -0.1) is 0 Å². The number of carbonyl (C=O) groups excluding carboxylic acids is 3. The molecular weight excluding hydrogens is 402 g/mol. The molecule has 8 heteroatoms. The lowest BCUT2D eigenvalue weighted by molar-refractivity contribution is -0.140. The van der Waals surface area contributed by atoms with Crippen molar-refractivity contribution < 1.29 is 19.1 Å². The van der Waals surface area contributed by atoms with Crippen molar-refractivity contribution >= 4 is 39.9 Å². The molecule has 2 aliphatic carbocycles. The number of nitrogens with zero attached hydrogens (tertiary/aromatic N) is 2.